The standard InChI is InChI=1S/C7H11NO/c9-8-7-3-1-6(5-7)2-4-7/h6H,1-5H2. The average molecular weight is 125 g/mol. The monoisotopic (exact) mass is 125 g/mol. The van der Waals surface area contributed by atoms with E-state index in [2.05, 4.69) is 5.18 Å². The van der Waals surface area contributed by atoms with Crippen molar-refractivity contribution in [2.24, 2.45) is 11.1 Å². The Balaban J connectivity index is 2.21. The average Bonchev–Trinajstić information content (AvgIpc) is 2.46. The van der Waals surface area contributed by atoms with Crippen molar-refractivity contribution >= 4 is 0 Å². The van der Waals surface area contributed by atoms with Gasteiger partial charge in [-0.25, -0.2) is 0 Å². The van der Waals surface area contributed by atoms with E-state index in [1.165, 1.54) is 12.8 Å². The number of nitroso groups, excluding NO2 is 1. The highest BCUT2D eigenvalue weighted by molar-refractivity contribution is 5.01. The maximum Gasteiger partial charge on any atom is 0.103 e. The Morgan fingerprint density at radius 2 is 2.00 bits per heavy atom. The molecule has 9 heavy (non-hydrogen) atoms. The van der Waals surface area contributed by atoms with E-state index in [9.17, 15) is 4.91 Å². The third-order valence-corrected chi connectivity index (χ3v) is 2.90. The van der Waals surface area contributed by atoms with Crippen LogP contribution >= 0.6 is 0 Å². The summed E-state index contributed by atoms with van der Waals surface area (Å²) in [5.74, 6) is 0.850. The largest absolute Gasteiger partial charge is 0.150 e. The smallest absolute Gasteiger partial charge is 0.103 e. The van der Waals surface area contributed by atoms with Crippen molar-refractivity contribution in [2.45, 2.75) is 37.6 Å². The SMILES string of the molecule is O=NC12CCC(CC1)C2. The van der Waals surface area contributed by atoms with Gasteiger partial charge in [0.05, 0.1) is 0 Å². The summed E-state index contributed by atoms with van der Waals surface area (Å²) in [6.07, 6.45) is 5.75. The van der Waals surface area contributed by atoms with Gasteiger partial charge in [0.25, 0.3) is 0 Å². The highest BCUT2D eigenvalue weighted by atomic mass is 16.3. The molecule has 50 valence electrons. The molecule has 2 saturated carbocycles. The van der Waals surface area contributed by atoms with Gasteiger partial charge in [-0.05, 0) is 38.0 Å². The minimum absolute atomic E-state index is 0.0787. The van der Waals surface area contributed by atoms with Gasteiger partial charge in [0.2, 0.25) is 0 Å². The Hall–Kier alpha value is -0.400. The van der Waals surface area contributed by atoms with Crippen LogP contribution < -0.4 is 0 Å². The van der Waals surface area contributed by atoms with Gasteiger partial charge in [-0.1, -0.05) is 5.18 Å². The quantitative estimate of drug-likeness (QED) is 0.493. The molecule has 2 aliphatic carbocycles. The molecule has 0 radical (unpaired) electrons. The minimum Gasteiger partial charge on any atom is -0.150 e. The lowest BCUT2D eigenvalue weighted by Crippen LogP contribution is -2.17. The molecule has 2 aliphatic rings. The van der Waals surface area contributed by atoms with Crippen LogP contribution in [0.2, 0.25) is 0 Å². The fraction of sp³-hybridized carbons (Fsp3) is 1.00. The lowest BCUT2D eigenvalue weighted by atomic mass is 9.95. The summed E-state index contributed by atoms with van der Waals surface area (Å²) < 4.78 is 0. The van der Waals surface area contributed by atoms with Crippen LogP contribution in [0.5, 0.6) is 0 Å². The fourth-order valence-electron chi connectivity index (χ4n) is 2.29. The molecule has 2 nitrogen and oxygen atoms in total. The summed E-state index contributed by atoms with van der Waals surface area (Å²) in [5.41, 5.74) is -0.0787. The zero-order valence-corrected chi connectivity index (χ0v) is 5.47. The molecule has 2 rings (SSSR count). The van der Waals surface area contributed by atoms with Gasteiger partial charge in [-0.2, -0.15) is 4.91 Å². The first-order chi connectivity index (χ1) is 4.35. The molecule has 0 aliphatic heterocycles. The topological polar surface area (TPSA) is 29.4 Å². The van der Waals surface area contributed by atoms with E-state index < -0.39 is 0 Å². The number of hydrogen-bond acceptors (Lipinski definition) is 2. The van der Waals surface area contributed by atoms with E-state index >= 15 is 0 Å². The first kappa shape index (κ1) is 5.39. The lowest BCUT2D eigenvalue weighted by Gasteiger charge is -2.15. The fourth-order valence-corrected chi connectivity index (χ4v) is 2.29. The molecule has 0 saturated heterocycles. The summed E-state index contributed by atoms with van der Waals surface area (Å²) in [7, 11) is 0. The van der Waals surface area contributed by atoms with Gasteiger partial charge < -0.3 is 0 Å². The Kier molecular flexibility index (Phi) is 0.930. The summed E-state index contributed by atoms with van der Waals surface area (Å²) in [6, 6.07) is 0. The summed E-state index contributed by atoms with van der Waals surface area (Å²) >= 11 is 0. The summed E-state index contributed by atoms with van der Waals surface area (Å²) in [6.45, 7) is 0. The number of hydrogen-bond donors (Lipinski definition) is 0. The molecular formula is C7H11NO. The van der Waals surface area contributed by atoms with Gasteiger partial charge in [-0.15, -0.1) is 0 Å². The molecule has 0 heterocycles. The molecule has 0 N–H and O–H groups in total. The van der Waals surface area contributed by atoms with E-state index in [-0.39, 0.29) is 5.54 Å². The third kappa shape index (κ3) is 0.620. The van der Waals surface area contributed by atoms with Crippen LogP contribution in [0, 0.1) is 10.8 Å². The van der Waals surface area contributed by atoms with Crippen molar-refractivity contribution in [3.05, 3.63) is 4.91 Å². The maximum atomic E-state index is 10.3. The minimum atomic E-state index is -0.0787. The van der Waals surface area contributed by atoms with Gasteiger partial charge in [0, 0.05) is 0 Å². The second-order valence-corrected chi connectivity index (χ2v) is 3.46. The number of nitrogens with zero attached hydrogens (tertiary/aromatic N) is 1. The van der Waals surface area contributed by atoms with Gasteiger partial charge >= 0.3 is 0 Å². The van der Waals surface area contributed by atoms with Gasteiger partial charge in [0.15, 0.2) is 0 Å². The predicted molar refractivity (Wildman–Crippen MR) is 35.1 cm³/mol. The van der Waals surface area contributed by atoms with Crippen molar-refractivity contribution in [3.8, 4) is 0 Å². The Labute approximate surface area is 54.6 Å². The molecule has 0 aromatic carbocycles. The van der Waals surface area contributed by atoms with Crippen LogP contribution in [0.3, 0.4) is 0 Å². The molecule has 2 heteroatoms. The molecule has 2 bridgehead atoms. The van der Waals surface area contributed by atoms with E-state index in [1.54, 1.807) is 0 Å². The van der Waals surface area contributed by atoms with E-state index in [0.717, 1.165) is 25.2 Å². The highest BCUT2D eigenvalue weighted by Gasteiger charge is 2.46. The number of rotatable bonds is 1. The Morgan fingerprint density at radius 3 is 2.22 bits per heavy atom. The van der Waals surface area contributed by atoms with Crippen LogP contribution in [-0.4, -0.2) is 5.54 Å². The molecule has 0 unspecified atom stereocenters. The van der Waals surface area contributed by atoms with E-state index in [0.29, 0.717) is 0 Å². The second kappa shape index (κ2) is 1.55. The zero-order chi connectivity index (χ0) is 6.32. The summed E-state index contributed by atoms with van der Waals surface area (Å²) in [5, 5.41) is 3.23. The molecule has 2 fully saturated rings. The maximum absolute atomic E-state index is 10.3. The molecular weight excluding hydrogens is 114 g/mol. The lowest BCUT2D eigenvalue weighted by molar-refractivity contribution is 0.418. The normalized spacial score (nSPS) is 47.8. The first-order valence-electron chi connectivity index (χ1n) is 3.69. The van der Waals surface area contributed by atoms with E-state index in [1.807, 2.05) is 0 Å². The van der Waals surface area contributed by atoms with Crippen molar-refractivity contribution in [3.63, 3.8) is 0 Å². The predicted octanol–water partition coefficient (Wildman–Crippen LogP) is 2.09. The molecule has 0 spiro atoms. The molecule has 0 aromatic rings. The van der Waals surface area contributed by atoms with Crippen molar-refractivity contribution in [1.29, 1.82) is 0 Å². The van der Waals surface area contributed by atoms with Gasteiger partial charge in [-0.3, -0.25) is 0 Å². The number of fused-ring (bicyclic) bond motifs is 2. The van der Waals surface area contributed by atoms with Crippen LogP contribution in [0.4, 0.5) is 0 Å². The van der Waals surface area contributed by atoms with Crippen molar-refractivity contribution in [1.82, 2.24) is 0 Å². The summed E-state index contributed by atoms with van der Waals surface area (Å²) in [4.78, 5) is 10.3. The van der Waals surface area contributed by atoms with Crippen LogP contribution in [-0.2, 0) is 0 Å². The highest BCUT2D eigenvalue weighted by Crippen LogP contribution is 2.49. The Bertz CT molecular complexity index is 136. The van der Waals surface area contributed by atoms with E-state index in [4.69, 9.17) is 0 Å². The van der Waals surface area contributed by atoms with Crippen LogP contribution in [0.25, 0.3) is 0 Å². The molecule has 0 aromatic heterocycles. The van der Waals surface area contributed by atoms with Crippen molar-refractivity contribution < 1.29 is 0 Å². The molecule has 0 amide bonds. The van der Waals surface area contributed by atoms with Crippen LogP contribution in [0.1, 0.15) is 32.1 Å². The molecule has 0 atom stereocenters. The third-order valence-electron chi connectivity index (χ3n) is 2.90. The van der Waals surface area contributed by atoms with Gasteiger partial charge in [0.1, 0.15) is 5.54 Å². The first-order valence-corrected chi connectivity index (χ1v) is 3.69. The van der Waals surface area contributed by atoms with Crippen molar-refractivity contribution in [2.75, 3.05) is 0 Å². The van der Waals surface area contributed by atoms with Crippen LogP contribution in [0.15, 0.2) is 5.18 Å². The second-order valence-electron chi connectivity index (χ2n) is 3.46. The Morgan fingerprint density at radius 1 is 1.33 bits per heavy atom. The zero-order valence-electron chi connectivity index (χ0n) is 5.47.